The third kappa shape index (κ3) is 14.1. The number of β-amino-alcohol motifs (C(OH)–C–C–N with tert-alkyl or cyclic N) is 1. The van der Waals surface area contributed by atoms with E-state index in [-0.39, 0.29) is 63.8 Å². The van der Waals surface area contributed by atoms with Crippen LogP contribution in [0.1, 0.15) is 74.7 Å². The number of carbonyl (C=O) groups excluding carboxylic acids is 4. The van der Waals surface area contributed by atoms with Gasteiger partial charge in [-0.3, -0.25) is 23.9 Å². The number of hydrogen-bond acceptors (Lipinski definition) is 16. The topological polar surface area (TPSA) is 234 Å². The van der Waals surface area contributed by atoms with Crippen LogP contribution in [-0.4, -0.2) is 148 Å². The molecule has 4 amide bonds. The highest BCUT2D eigenvalue weighted by Crippen LogP contribution is 2.29. The first-order valence-electron chi connectivity index (χ1n) is 22.8. The van der Waals surface area contributed by atoms with Gasteiger partial charge in [-0.2, -0.15) is 20.1 Å². The molecule has 3 aromatic heterocycles. The van der Waals surface area contributed by atoms with Crippen LogP contribution >= 0.6 is 11.3 Å². The standard InChI is InChI=1S/C46H67N13O7S/c1-28-35(30(3)58(9)55-28)25-57(8)45-53-43(52-44(54-45)56(7)18-16-37(61)50-33-14-15-33)47-17-19-65-20-21-66-26-38(62)51-40(46(4,5)6)42(64)59-24-34(60)22-36(59)41(63)48-23-31-10-12-32(13-11-31)39-29(2)49-27-67-39/h10-13,27,33-34,36,40,60H,14-26H2,1-9H3,(H,48,63)(H,50,61)(H,51,62)(H,47,52,53,54)/t34-,36+,40-/m1/s1. The van der Waals surface area contributed by atoms with E-state index in [0.29, 0.717) is 43.9 Å². The van der Waals surface area contributed by atoms with Crippen molar-refractivity contribution < 1.29 is 33.8 Å². The van der Waals surface area contributed by atoms with E-state index in [4.69, 9.17) is 14.5 Å². The smallest absolute Gasteiger partial charge is 0.246 e. The van der Waals surface area contributed by atoms with Crippen LogP contribution in [0.5, 0.6) is 0 Å². The van der Waals surface area contributed by atoms with Gasteiger partial charge in [-0.05, 0) is 50.2 Å². The Labute approximate surface area is 396 Å². The third-order valence-electron chi connectivity index (χ3n) is 11.8. The quantitative estimate of drug-likeness (QED) is 0.0673. The summed E-state index contributed by atoms with van der Waals surface area (Å²) < 4.78 is 13.2. The number of ether oxygens (including phenoxy) is 2. The number of hydrogen-bond donors (Lipinski definition) is 5. The Hall–Kier alpha value is -5.77. The number of carbonyl (C=O) groups is 4. The van der Waals surface area contributed by atoms with Crippen molar-refractivity contribution in [1.82, 2.24) is 50.6 Å². The lowest BCUT2D eigenvalue weighted by atomic mass is 9.85. The molecule has 0 spiro atoms. The van der Waals surface area contributed by atoms with Gasteiger partial charge < -0.3 is 50.5 Å². The molecular weight excluding hydrogens is 879 g/mol. The second-order valence-electron chi connectivity index (χ2n) is 18.4. The minimum Gasteiger partial charge on any atom is -0.391 e. The van der Waals surface area contributed by atoms with Gasteiger partial charge in [-0.25, -0.2) is 4.98 Å². The molecule has 1 aliphatic carbocycles. The first kappa shape index (κ1) is 50.6. The van der Waals surface area contributed by atoms with E-state index in [1.54, 1.807) is 11.3 Å². The molecule has 2 fully saturated rings. The summed E-state index contributed by atoms with van der Waals surface area (Å²) in [6.45, 7) is 13.3. The van der Waals surface area contributed by atoms with Crippen molar-refractivity contribution in [3.05, 3.63) is 58.0 Å². The summed E-state index contributed by atoms with van der Waals surface area (Å²) in [4.78, 5) is 77.6. The predicted molar refractivity (Wildman–Crippen MR) is 255 cm³/mol. The van der Waals surface area contributed by atoms with Crippen molar-refractivity contribution in [2.24, 2.45) is 12.5 Å². The van der Waals surface area contributed by atoms with E-state index in [0.717, 1.165) is 51.5 Å². The summed E-state index contributed by atoms with van der Waals surface area (Å²) in [6.07, 6.45) is 1.56. The van der Waals surface area contributed by atoms with Crippen molar-refractivity contribution in [2.45, 2.75) is 105 Å². The lowest BCUT2D eigenvalue weighted by Crippen LogP contribution is -2.58. The van der Waals surface area contributed by atoms with Crippen molar-refractivity contribution in [3.8, 4) is 10.4 Å². The van der Waals surface area contributed by atoms with Gasteiger partial charge in [0.05, 0.1) is 47.7 Å². The van der Waals surface area contributed by atoms with Crippen LogP contribution in [0.25, 0.3) is 10.4 Å². The average Bonchev–Trinajstić information content (AvgIpc) is 3.76. The Morgan fingerprint density at radius 2 is 1.64 bits per heavy atom. The summed E-state index contributed by atoms with van der Waals surface area (Å²) in [5.41, 5.74) is 7.05. The van der Waals surface area contributed by atoms with Gasteiger partial charge in [0, 0.05) is 84.0 Å². The SMILES string of the molecule is Cc1ncsc1-c1ccc(CNC(=O)[C@@H]2C[C@@H](O)CN2C(=O)[C@@H](NC(=O)COCCOCCNc2nc(N(C)CCC(=O)NC3CC3)nc(N(C)Cc3c(C)nn(C)c3C)n2)C(C)(C)C)cc1. The number of benzene rings is 1. The fourth-order valence-corrected chi connectivity index (χ4v) is 8.44. The molecule has 1 aromatic carbocycles. The van der Waals surface area contributed by atoms with E-state index >= 15 is 0 Å². The Kier molecular flexibility index (Phi) is 17.2. The van der Waals surface area contributed by atoms with Crippen molar-refractivity contribution in [1.29, 1.82) is 0 Å². The van der Waals surface area contributed by atoms with Gasteiger partial charge in [0.25, 0.3) is 0 Å². The number of aliphatic hydroxyl groups excluding tert-OH is 1. The van der Waals surface area contributed by atoms with Gasteiger partial charge >= 0.3 is 0 Å². The lowest BCUT2D eigenvalue weighted by molar-refractivity contribution is -0.144. The molecule has 1 saturated carbocycles. The first-order valence-corrected chi connectivity index (χ1v) is 23.7. The molecule has 67 heavy (non-hydrogen) atoms. The molecule has 0 unspecified atom stereocenters. The summed E-state index contributed by atoms with van der Waals surface area (Å²) in [5.74, 6) is -0.117. The number of aliphatic hydroxyl groups is 1. The predicted octanol–water partition coefficient (Wildman–Crippen LogP) is 2.65. The highest BCUT2D eigenvalue weighted by Gasteiger charge is 2.44. The maximum Gasteiger partial charge on any atom is 0.246 e. The van der Waals surface area contributed by atoms with Gasteiger partial charge in [0.15, 0.2) is 0 Å². The van der Waals surface area contributed by atoms with Crippen LogP contribution in [-0.2, 0) is 48.8 Å². The molecule has 0 bridgehead atoms. The zero-order chi connectivity index (χ0) is 48.4. The van der Waals surface area contributed by atoms with Gasteiger partial charge in [0.1, 0.15) is 18.7 Å². The fourth-order valence-electron chi connectivity index (χ4n) is 7.63. The summed E-state index contributed by atoms with van der Waals surface area (Å²) >= 11 is 1.57. The molecule has 2 aliphatic rings. The molecule has 5 N–H and O–H groups in total. The van der Waals surface area contributed by atoms with Crippen LogP contribution in [0.15, 0.2) is 29.8 Å². The summed E-state index contributed by atoms with van der Waals surface area (Å²) in [7, 11) is 5.67. The largest absolute Gasteiger partial charge is 0.391 e. The molecule has 21 heteroatoms. The second-order valence-corrected chi connectivity index (χ2v) is 19.3. The molecule has 0 radical (unpaired) electrons. The van der Waals surface area contributed by atoms with Gasteiger partial charge in [-0.1, -0.05) is 45.0 Å². The zero-order valence-corrected chi connectivity index (χ0v) is 41.0. The molecule has 1 aliphatic heterocycles. The van der Waals surface area contributed by atoms with Crippen LogP contribution in [0.2, 0.25) is 0 Å². The van der Waals surface area contributed by atoms with E-state index in [9.17, 15) is 24.3 Å². The molecule has 20 nitrogen and oxygen atoms in total. The van der Waals surface area contributed by atoms with E-state index in [1.165, 1.54) is 4.90 Å². The zero-order valence-electron chi connectivity index (χ0n) is 40.2. The van der Waals surface area contributed by atoms with Crippen molar-refractivity contribution >= 4 is 52.8 Å². The van der Waals surface area contributed by atoms with E-state index < -0.39 is 35.4 Å². The average molecular weight is 946 g/mol. The van der Waals surface area contributed by atoms with Crippen LogP contribution in [0.4, 0.5) is 17.8 Å². The highest BCUT2D eigenvalue weighted by molar-refractivity contribution is 7.13. The van der Waals surface area contributed by atoms with Crippen LogP contribution < -0.4 is 31.1 Å². The van der Waals surface area contributed by atoms with Crippen LogP contribution in [0.3, 0.4) is 0 Å². The molecule has 4 heterocycles. The highest BCUT2D eigenvalue weighted by atomic mass is 32.1. The molecule has 1 saturated heterocycles. The number of aryl methyl sites for hydroxylation is 3. The maximum atomic E-state index is 14.0. The van der Waals surface area contributed by atoms with Crippen molar-refractivity contribution in [2.75, 3.05) is 75.3 Å². The number of likely N-dealkylation sites (tertiary alicyclic amines) is 1. The van der Waals surface area contributed by atoms with Gasteiger partial charge in [-0.15, -0.1) is 11.3 Å². The first-order chi connectivity index (χ1) is 31.9. The maximum absolute atomic E-state index is 14.0. The Bertz CT molecular complexity index is 2330. The summed E-state index contributed by atoms with van der Waals surface area (Å²) in [5, 5.41) is 27.1. The minimum atomic E-state index is -0.985. The summed E-state index contributed by atoms with van der Waals surface area (Å²) in [6, 6.07) is 6.26. The monoisotopic (exact) mass is 946 g/mol. The molecule has 3 atom stereocenters. The molecule has 364 valence electrons. The number of aromatic nitrogens is 6. The number of nitrogens with zero attached hydrogens (tertiary/aromatic N) is 9. The molecule has 6 rings (SSSR count). The Morgan fingerprint density at radius 3 is 2.28 bits per heavy atom. The lowest BCUT2D eigenvalue weighted by Gasteiger charge is -2.35. The Morgan fingerprint density at radius 1 is 0.940 bits per heavy atom. The van der Waals surface area contributed by atoms with E-state index in [2.05, 4.69) is 41.3 Å². The minimum absolute atomic E-state index is 0.000241. The number of thiazole rings is 1. The fraction of sp³-hybridized carbons (Fsp3) is 0.587. The second kappa shape index (κ2) is 22.8. The number of rotatable bonds is 23. The van der Waals surface area contributed by atoms with E-state index in [1.807, 2.05) is 107 Å². The third-order valence-corrected chi connectivity index (χ3v) is 12.8. The number of anilines is 3. The molecular formula is C46H67N13O7S. The molecule has 4 aromatic rings. The normalized spacial score (nSPS) is 16.4. The van der Waals surface area contributed by atoms with Crippen molar-refractivity contribution in [3.63, 3.8) is 0 Å². The number of amides is 4. The number of nitrogens with one attached hydrogen (secondary N) is 4. The Balaban J connectivity index is 0.948. The van der Waals surface area contributed by atoms with Gasteiger partial charge in [0.2, 0.25) is 41.5 Å². The van der Waals surface area contributed by atoms with Crippen LogP contribution in [0, 0.1) is 26.2 Å².